The second-order valence-electron chi connectivity index (χ2n) is 4.90. The normalized spacial score (nSPS) is 11.9. The second-order valence-corrected chi connectivity index (χ2v) is 4.90. The molecular formula is C12H25NO3. The third-order valence-corrected chi connectivity index (χ3v) is 2.63. The monoisotopic (exact) mass is 231 g/mol. The predicted octanol–water partition coefficient (Wildman–Crippen LogP) is 1.42. The van der Waals surface area contributed by atoms with Crippen molar-refractivity contribution < 1.29 is 14.6 Å². The maximum Gasteiger partial charge on any atom is 0.225 e. The zero-order valence-corrected chi connectivity index (χ0v) is 11.1. The molecule has 16 heavy (non-hydrogen) atoms. The van der Waals surface area contributed by atoms with Crippen molar-refractivity contribution in [3.05, 3.63) is 0 Å². The lowest BCUT2D eigenvalue weighted by Crippen LogP contribution is -2.42. The molecule has 0 aliphatic rings. The number of methoxy groups -OCH3 is 1. The second kappa shape index (κ2) is 6.86. The van der Waals surface area contributed by atoms with Crippen LogP contribution in [0.25, 0.3) is 0 Å². The Hall–Kier alpha value is -0.610. The van der Waals surface area contributed by atoms with Crippen LogP contribution in [0.3, 0.4) is 0 Å². The lowest BCUT2D eigenvalue weighted by atomic mass is 10.0. The maximum atomic E-state index is 12.0. The molecule has 0 radical (unpaired) electrons. The molecule has 0 aromatic rings. The third-order valence-electron chi connectivity index (χ3n) is 2.63. The molecule has 1 amide bonds. The summed E-state index contributed by atoms with van der Waals surface area (Å²) in [6.45, 7) is 8.48. The van der Waals surface area contributed by atoms with Crippen LogP contribution in [0.4, 0.5) is 0 Å². The van der Waals surface area contributed by atoms with Crippen LogP contribution in [0.5, 0.6) is 0 Å². The average Bonchev–Trinajstić information content (AvgIpc) is 2.17. The van der Waals surface area contributed by atoms with Gasteiger partial charge in [0.25, 0.3) is 0 Å². The van der Waals surface area contributed by atoms with E-state index in [4.69, 9.17) is 9.84 Å². The Morgan fingerprint density at radius 1 is 1.44 bits per heavy atom. The van der Waals surface area contributed by atoms with Crippen LogP contribution in [-0.2, 0) is 9.53 Å². The van der Waals surface area contributed by atoms with Gasteiger partial charge in [0, 0.05) is 26.3 Å². The molecule has 0 aromatic heterocycles. The average molecular weight is 231 g/mol. The molecular weight excluding hydrogens is 206 g/mol. The van der Waals surface area contributed by atoms with Crippen molar-refractivity contribution >= 4 is 5.91 Å². The number of carbonyl (C=O) groups excluding carboxylic acids is 1. The van der Waals surface area contributed by atoms with Gasteiger partial charge in [0.15, 0.2) is 0 Å². The van der Waals surface area contributed by atoms with Crippen molar-refractivity contribution in [1.29, 1.82) is 0 Å². The van der Waals surface area contributed by atoms with E-state index in [1.807, 2.05) is 27.7 Å². The Balaban J connectivity index is 4.38. The topological polar surface area (TPSA) is 49.8 Å². The van der Waals surface area contributed by atoms with Gasteiger partial charge in [-0.1, -0.05) is 0 Å². The van der Waals surface area contributed by atoms with E-state index < -0.39 is 5.60 Å². The number of carbonyl (C=O) groups is 1. The van der Waals surface area contributed by atoms with Crippen LogP contribution >= 0.6 is 0 Å². The van der Waals surface area contributed by atoms with Gasteiger partial charge in [-0.25, -0.2) is 0 Å². The van der Waals surface area contributed by atoms with E-state index in [1.54, 1.807) is 12.0 Å². The van der Waals surface area contributed by atoms with Crippen molar-refractivity contribution in [3.8, 4) is 0 Å². The zero-order chi connectivity index (χ0) is 12.8. The highest BCUT2D eigenvalue weighted by Crippen LogP contribution is 2.16. The van der Waals surface area contributed by atoms with E-state index in [9.17, 15) is 4.79 Å². The molecule has 0 bridgehead atoms. The van der Waals surface area contributed by atoms with Crippen molar-refractivity contribution in [3.63, 3.8) is 0 Å². The third kappa shape index (κ3) is 5.47. The summed E-state index contributed by atoms with van der Waals surface area (Å²) in [7, 11) is 1.61. The first-order valence-electron chi connectivity index (χ1n) is 5.79. The van der Waals surface area contributed by atoms with Crippen molar-refractivity contribution in [2.75, 3.05) is 20.3 Å². The van der Waals surface area contributed by atoms with Gasteiger partial charge in [-0.05, 0) is 34.1 Å². The van der Waals surface area contributed by atoms with E-state index in [-0.39, 0.29) is 18.6 Å². The molecule has 0 rings (SSSR count). The van der Waals surface area contributed by atoms with Gasteiger partial charge in [0.1, 0.15) is 0 Å². The van der Waals surface area contributed by atoms with Gasteiger partial charge in [0.2, 0.25) is 5.91 Å². The minimum absolute atomic E-state index is 0.0790. The van der Waals surface area contributed by atoms with Gasteiger partial charge < -0.3 is 14.7 Å². The quantitative estimate of drug-likeness (QED) is 0.721. The molecule has 0 aromatic carbocycles. The zero-order valence-electron chi connectivity index (χ0n) is 11.1. The Kier molecular flexibility index (Phi) is 6.60. The predicted molar refractivity (Wildman–Crippen MR) is 64.3 cm³/mol. The summed E-state index contributed by atoms with van der Waals surface area (Å²) < 4.78 is 5.25. The first-order chi connectivity index (χ1) is 7.34. The molecule has 0 unspecified atom stereocenters. The van der Waals surface area contributed by atoms with E-state index in [1.165, 1.54) is 0 Å². The summed E-state index contributed by atoms with van der Waals surface area (Å²) in [5, 5.41) is 8.79. The first kappa shape index (κ1) is 15.4. The minimum atomic E-state index is -0.427. The van der Waals surface area contributed by atoms with E-state index in [0.717, 1.165) is 0 Å². The number of ether oxygens (including phenoxy) is 1. The van der Waals surface area contributed by atoms with Crippen LogP contribution in [0.2, 0.25) is 0 Å². The number of aliphatic hydroxyl groups is 1. The Labute approximate surface area is 98.6 Å². The molecule has 4 nitrogen and oxygen atoms in total. The van der Waals surface area contributed by atoms with Gasteiger partial charge in [-0.2, -0.15) is 0 Å². The number of hydrogen-bond donors (Lipinski definition) is 1. The summed E-state index contributed by atoms with van der Waals surface area (Å²) in [4.78, 5) is 13.8. The molecule has 0 aliphatic heterocycles. The molecule has 4 heteroatoms. The van der Waals surface area contributed by atoms with E-state index in [0.29, 0.717) is 19.4 Å². The molecule has 0 aliphatic carbocycles. The lowest BCUT2D eigenvalue weighted by Gasteiger charge is -2.30. The van der Waals surface area contributed by atoms with Crippen LogP contribution in [-0.4, -0.2) is 47.8 Å². The van der Waals surface area contributed by atoms with Gasteiger partial charge in [-0.3, -0.25) is 4.79 Å². The molecule has 0 saturated heterocycles. The smallest absolute Gasteiger partial charge is 0.225 e. The highest BCUT2D eigenvalue weighted by Gasteiger charge is 2.25. The number of nitrogens with zero attached hydrogens (tertiary/aromatic N) is 1. The molecule has 1 N–H and O–H groups in total. The number of rotatable bonds is 7. The van der Waals surface area contributed by atoms with Gasteiger partial charge in [-0.15, -0.1) is 0 Å². The van der Waals surface area contributed by atoms with Crippen molar-refractivity contribution in [1.82, 2.24) is 4.90 Å². The first-order valence-corrected chi connectivity index (χ1v) is 5.79. The Bertz CT molecular complexity index is 214. The van der Waals surface area contributed by atoms with Crippen LogP contribution in [0.15, 0.2) is 0 Å². The fourth-order valence-electron chi connectivity index (χ4n) is 1.45. The fraction of sp³-hybridized carbons (Fsp3) is 0.917. The van der Waals surface area contributed by atoms with Crippen molar-refractivity contribution in [2.24, 2.45) is 0 Å². The molecule has 0 heterocycles. The standard InChI is InChI=1S/C12H25NO3/c1-10(2)13(7-6-8-14)11(15)9-12(3,4)16-5/h10,14H,6-9H2,1-5H3. The highest BCUT2D eigenvalue weighted by atomic mass is 16.5. The lowest BCUT2D eigenvalue weighted by molar-refractivity contribution is -0.138. The van der Waals surface area contributed by atoms with E-state index in [2.05, 4.69) is 0 Å². The minimum Gasteiger partial charge on any atom is -0.396 e. The Morgan fingerprint density at radius 2 is 2.00 bits per heavy atom. The fourth-order valence-corrected chi connectivity index (χ4v) is 1.45. The van der Waals surface area contributed by atoms with Gasteiger partial charge in [0.05, 0.1) is 12.0 Å². The Morgan fingerprint density at radius 3 is 2.38 bits per heavy atom. The summed E-state index contributed by atoms with van der Waals surface area (Å²) >= 11 is 0. The molecule has 0 spiro atoms. The summed E-state index contributed by atoms with van der Waals surface area (Å²) in [6.07, 6.45) is 0.991. The summed E-state index contributed by atoms with van der Waals surface area (Å²) in [6, 6.07) is 0.159. The molecule has 0 saturated carbocycles. The number of amides is 1. The van der Waals surface area contributed by atoms with Crippen molar-refractivity contribution in [2.45, 2.75) is 52.2 Å². The molecule has 96 valence electrons. The van der Waals surface area contributed by atoms with E-state index >= 15 is 0 Å². The van der Waals surface area contributed by atoms with Crippen LogP contribution in [0.1, 0.15) is 40.5 Å². The van der Waals surface area contributed by atoms with Crippen LogP contribution in [0, 0.1) is 0 Å². The molecule has 0 fully saturated rings. The van der Waals surface area contributed by atoms with Gasteiger partial charge >= 0.3 is 0 Å². The molecule has 0 atom stereocenters. The summed E-state index contributed by atoms with van der Waals surface area (Å²) in [5.41, 5.74) is -0.427. The SMILES string of the molecule is COC(C)(C)CC(=O)N(CCCO)C(C)C. The summed E-state index contributed by atoms with van der Waals surface area (Å²) in [5.74, 6) is 0.0790. The highest BCUT2D eigenvalue weighted by molar-refractivity contribution is 5.77. The largest absolute Gasteiger partial charge is 0.396 e. The maximum absolute atomic E-state index is 12.0. The number of hydrogen-bond acceptors (Lipinski definition) is 3. The van der Waals surface area contributed by atoms with Crippen LogP contribution < -0.4 is 0 Å². The number of aliphatic hydroxyl groups excluding tert-OH is 1.